The third kappa shape index (κ3) is 4.09. The summed E-state index contributed by atoms with van der Waals surface area (Å²) in [5, 5.41) is 2.23. The van der Waals surface area contributed by atoms with E-state index < -0.39 is 0 Å². The van der Waals surface area contributed by atoms with Gasteiger partial charge < -0.3 is 10.5 Å². The number of fused-ring (bicyclic) bond motifs is 3. The minimum atomic E-state index is 0.491. The van der Waals surface area contributed by atoms with Crippen molar-refractivity contribution in [3.8, 4) is 5.75 Å². The number of nitrogen functional groups attached to an aromatic ring is 1. The molecule has 0 aliphatic rings. The average molecular weight is 399 g/mol. The quantitative estimate of drug-likeness (QED) is 0.317. The highest BCUT2D eigenvalue weighted by atomic mass is 16.5. The molecule has 30 heavy (non-hydrogen) atoms. The summed E-state index contributed by atoms with van der Waals surface area (Å²) >= 11 is 0. The maximum atomic E-state index is 6.25. The Morgan fingerprint density at radius 3 is 2.63 bits per heavy atom. The van der Waals surface area contributed by atoms with E-state index in [4.69, 9.17) is 10.5 Å². The van der Waals surface area contributed by atoms with Crippen molar-refractivity contribution in [2.24, 2.45) is 0 Å². The van der Waals surface area contributed by atoms with Crippen LogP contribution in [-0.2, 0) is 12.8 Å². The molecule has 0 aliphatic heterocycles. The largest absolute Gasteiger partial charge is 0.494 e. The number of anilines is 1. The Morgan fingerprint density at radius 2 is 1.83 bits per heavy atom. The summed E-state index contributed by atoms with van der Waals surface area (Å²) in [5.74, 6) is 1.42. The van der Waals surface area contributed by atoms with E-state index >= 15 is 0 Å². The number of aromatic nitrogens is 2. The number of aryl methyl sites for hydroxylation is 4. The molecular weight excluding hydrogens is 370 g/mol. The Morgan fingerprint density at radius 1 is 1.00 bits per heavy atom. The molecule has 2 heterocycles. The highest BCUT2D eigenvalue weighted by molar-refractivity contribution is 6.09. The van der Waals surface area contributed by atoms with E-state index in [-0.39, 0.29) is 0 Å². The van der Waals surface area contributed by atoms with Gasteiger partial charge in [-0.15, -0.1) is 0 Å². The van der Waals surface area contributed by atoms with Crippen molar-refractivity contribution in [2.75, 3.05) is 12.3 Å². The fraction of sp³-hybridized carbons (Fsp3) is 0.269. The first-order chi connectivity index (χ1) is 14.6. The second kappa shape index (κ2) is 8.70. The molecule has 0 spiro atoms. The van der Waals surface area contributed by atoms with Gasteiger partial charge in [0.25, 0.3) is 0 Å². The summed E-state index contributed by atoms with van der Waals surface area (Å²) in [4.78, 5) is 9.10. The van der Waals surface area contributed by atoms with Gasteiger partial charge in [0, 0.05) is 17.0 Å². The average Bonchev–Trinajstić information content (AvgIpc) is 2.73. The van der Waals surface area contributed by atoms with Crippen LogP contribution in [0.1, 0.15) is 35.1 Å². The summed E-state index contributed by atoms with van der Waals surface area (Å²) in [6, 6.07) is 14.8. The van der Waals surface area contributed by atoms with Crippen molar-refractivity contribution < 1.29 is 4.74 Å². The van der Waals surface area contributed by atoms with Gasteiger partial charge in [0.05, 0.1) is 12.1 Å². The lowest BCUT2D eigenvalue weighted by Crippen LogP contribution is -2.01. The van der Waals surface area contributed by atoms with Crippen LogP contribution in [0.15, 0.2) is 48.7 Å². The highest BCUT2D eigenvalue weighted by Crippen LogP contribution is 2.30. The van der Waals surface area contributed by atoms with E-state index in [2.05, 4.69) is 73.2 Å². The van der Waals surface area contributed by atoms with Crippen molar-refractivity contribution in [1.29, 1.82) is 0 Å². The van der Waals surface area contributed by atoms with Crippen LogP contribution in [0.25, 0.3) is 21.8 Å². The number of benzene rings is 2. The molecule has 4 nitrogen and oxygen atoms in total. The van der Waals surface area contributed by atoms with Gasteiger partial charge in [-0.2, -0.15) is 0 Å². The van der Waals surface area contributed by atoms with Crippen molar-refractivity contribution in [1.82, 2.24) is 9.97 Å². The molecule has 2 aromatic heterocycles. The molecule has 2 aromatic carbocycles. The summed E-state index contributed by atoms with van der Waals surface area (Å²) in [6.07, 6.45) is 5.56. The molecule has 0 saturated carbocycles. The van der Waals surface area contributed by atoms with Gasteiger partial charge >= 0.3 is 0 Å². The topological polar surface area (TPSA) is 61.0 Å². The molecule has 0 atom stereocenters. The molecule has 4 aromatic rings. The van der Waals surface area contributed by atoms with Gasteiger partial charge in [0.15, 0.2) is 5.82 Å². The lowest BCUT2D eigenvalue weighted by Gasteiger charge is -2.13. The van der Waals surface area contributed by atoms with E-state index in [1.165, 1.54) is 22.3 Å². The molecule has 0 amide bonds. The Hall–Kier alpha value is -3.14. The Labute approximate surface area is 178 Å². The SMILES string of the molecule is [CH2]CCCOc1ccc(CCc2ccnc3c(N)nc4cc(C)ccc4c23)c(C)c1. The zero-order valence-electron chi connectivity index (χ0n) is 17.7. The molecule has 0 fully saturated rings. The van der Waals surface area contributed by atoms with Gasteiger partial charge in [0.2, 0.25) is 0 Å². The maximum absolute atomic E-state index is 6.25. The number of ether oxygens (including phenoxy) is 1. The lowest BCUT2D eigenvalue weighted by atomic mass is 9.96. The maximum Gasteiger partial charge on any atom is 0.150 e. The second-order valence-corrected chi connectivity index (χ2v) is 7.86. The van der Waals surface area contributed by atoms with E-state index in [1.807, 2.05) is 6.20 Å². The summed E-state index contributed by atoms with van der Waals surface area (Å²) in [7, 11) is 0. The fourth-order valence-corrected chi connectivity index (χ4v) is 3.93. The monoisotopic (exact) mass is 398 g/mol. The van der Waals surface area contributed by atoms with Crippen molar-refractivity contribution >= 4 is 27.6 Å². The minimum absolute atomic E-state index is 0.491. The number of rotatable bonds is 7. The molecule has 0 bridgehead atoms. The smallest absolute Gasteiger partial charge is 0.150 e. The van der Waals surface area contributed by atoms with Crippen LogP contribution in [0.2, 0.25) is 0 Å². The van der Waals surface area contributed by atoms with Crippen LogP contribution >= 0.6 is 0 Å². The van der Waals surface area contributed by atoms with E-state index in [1.54, 1.807) is 0 Å². The molecule has 0 saturated heterocycles. The number of nitrogens with two attached hydrogens (primary N) is 1. The zero-order chi connectivity index (χ0) is 21.1. The van der Waals surface area contributed by atoms with E-state index in [0.717, 1.165) is 53.2 Å². The van der Waals surface area contributed by atoms with Gasteiger partial charge in [-0.3, -0.25) is 4.98 Å². The van der Waals surface area contributed by atoms with E-state index in [9.17, 15) is 0 Å². The molecule has 0 aliphatic carbocycles. The van der Waals surface area contributed by atoms with Crippen LogP contribution in [0.4, 0.5) is 5.82 Å². The molecule has 0 unspecified atom stereocenters. The molecular formula is C26H28N3O. The number of hydrogen-bond donors (Lipinski definition) is 1. The Balaban J connectivity index is 1.64. The standard InChI is InChI=1S/C26H28N3O/c1-4-5-14-30-21-10-9-19(18(3)16-21)7-8-20-12-13-28-25-24(20)22-11-6-17(2)15-23(22)29-26(25)27/h6,9-13,15-16H,1,4-5,7-8,14H2,2-3H3,(H2,27,29). The molecule has 4 rings (SSSR count). The van der Waals surface area contributed by atoms with Crippen LogP contribution < -0.4 is 10.5 Å². The minimum Gasteiger partial charge on any atom is -0.494 e. The predicted molar refractivity (Wildman–Crippen MR) is 125 cm³/mol. The Kier molecular flexibility index (Phi) is 5.84. The normalized spacial score (nSPS) is 11.3. The van der Waals surface area contributed by atoms with Crippen LogP contribution in [0.3, 0.4) is 0 Å². The van der Waals surface area contributed by atoms with E-state index in [0.29, 0.717) is 12.4 Å². The van der Waals surface area contributed by atoms with Gasteiger partial charge in [-0.1, -0.05) is 31.5 Å². The second-order valence-electron chi connectivity index (χ2n) is 7.86. The predicted octanol–water partition coefficient (Wildman–Crippen LogP) is 5.76. The summed E-state index contributed by atoms with van der Waals surface area (Å²) in [5.41, 5.74) is 13.0. The first-order valence-electron chi connectivity index (χ1n) is 10.5. The molecule has 4 heteroatoms. The zero-order valence-corrected chi connectivity index (χ0v) is 17.7. The first kappa shape index (κ1) is 20.1. The third-order valence-electron chi connectivity index (χ3n) is 5.58. The van der Waals surface area contributed by atoms with Crippen LogP contribution in [-0.4, -0.2) is 16.6 Å². The van der Waals surface area contributed by atoms with Crippen molar-refractivity contribution in [3.05, 3.63) is 77.8 Å². The molecule has 1 radical (unpaired) electrons. The fourth-order valence-electron chi connectivity index (χ4n) is 3.93. The molecule has 2 N–H and O–H groups in total. The Bertz CT molecular complexity index is 1200. The number of pyridine rings is 2. The van der Waals surface area contributed by atoms with Gasteiger partial charge in [-0.25, -0.2) is 4.98 Å². The van der Waals surface area contributed by atoms with Crippen molar-refractivity contribution in [3.63, 3.8) is 0 Å². The summed E-state index contributed by atoms with van der Waals surface area (Å²) < 4.78 is 5.80. The lowest BCUT2D eigenvalue weighted by molar-refractivity contribution is 0.311. The number of nitrogens with zero attached hydrogens (tertiary/aromatic N) is 2. The van der Waals surface area contributed by atoms with Gasteiger partial charge in [-0.05, 0) is 79.6 Å². The van der Waals surface area contributed by atoms with Gasteiger partial charge in [0.1, 0.15) is 11.3 Å². The highest BCUT2D eigenvalue weighted by Gasteiger charge is 2.12. The van der Waals surface area contributed by atoms with Crippen LogP contribution in [0, 0.1) is 20.8 Å². The third-order valence-corrected chi connectivity index (χ3v) is 5.58. The molecule has 153 valence electrons. The number of hydrogen-bond acceptors (Lipinski definition) is 4. The van der Waals surface area contributed by atoms with Crippen molar-refractivity contribution in [2.45, 2.75) is 39.5 Å². The van der Waals surface area contributed by atoms with Crippen LogP contribution in [0.5, 0.6) is 5.75 Å². The first-order valence-corrected chi connectivity index (χ1v) is 10.5. The number of unbranched alkanes of at least 4 members (excludes halogenated alkanes) is 1. The summed E-state index contributed by atoms with van der Waals surface area (Å²) in [6.45, 7) is 8.79.